The first kappa shape index (κ1) is 13.7. The number of unbranched alkanes of at least 4 members (excludes halogenated alkanes) is 2. The van der Waals surface area contributed by atoms with Crippen molar-refractivity contribution in [3.63, 3.8) is 0 Å². The lowest BCUT2D eigenvalue weighted by Gasteiger charge is -2.23. The molecular weight excluding hydrogens is 224 g/mol. The van der Waals surface area contributed by atoms with Crippen molar-refractivity contribution in [3.8, 4) is 0 Å². The Morgan fingerprint density at radius 2 is 1.71 bits per heavy atom. The van der Waals surface area contributed by atoms with Crippen molar-refractivity contribution >= 4 is 16.8 Å². The van der Waals surface area contributed by atoms with Crippen LogP contribution in [-0.4, -0.2) is 17.1 Å². The third-order valence-corrected chi connectivity index (χ3v) is 2.19. The number of rotatable bonds is 5. The molecule has 1 unspecified atom stereocenters. The minimum Gasteiger partial charge on any atom is -0.277 e. The molecule has 14 heavy (non-hydrogen) atoms. The van der Waals surface area contributed by atoms with E-state index in [9.17, 15) is 22.4 Å². The Kier molecular flexibility index (Phi) is 4.84. The zero-order valence-corrected chi connectivity index (χ0v) is 8.38. The van der Waals surface area contributed by atoms with E-state index in [2.05, 4.69) is 11.6 Å². The highest BCUT2D eigenvalue weighted by molar-refractivity contribution is 6.65. The Morgan fingerprint density at radius 1 is 1.21 bits per heavy atom. The SMILES string of the molecule is CCCCCC(F)(C(=O)Cl)C(F)(F)F. The molecule has 1 nitrogen and oxygen atoms in total. The van der Waals surface area contributed by atoms with Crippen LogP contribution in [0.4, 0.5) is 17.6 Å². The van der Waals surface area contributed by atoms with Gasteiger partial charge in [-0.1, -0.05) is 19.8 Å². The van der Waals surface area contributed by atoms with Gasteiger partial charge in [-0.25, -0.2) is 4.39 Å². The van der Waals surface area contributed by atoms with Gasteiger partial charge in [0, 0.05) is 0 Å². The molecule has 0 radical (unpaired) electrons. The molecule has 0 amide bonds. The molecule has 0 aromatic rings. The first-order valence-electron chi connectivity index (χ1n) is 4.21. The number of hydrogen-bond donors (Lipinski definition) is 0. The van der Waals surface area contributed by atoms with E-state index in [1.807, 2.05) is 0 Å². The van der Waals surface area contributed by atoms with Crippen molar-refractivity contribution in [1.82, 2.24) is 0 Å². The summed E-state index contributed by atoms with van der Waals surface area (Å²) in [6.45, 7) is 1.76. The standard InChI is InChI=1S/C8H11ClF4O/c1-2-3-4-5-7(10,6(9)14)8(11,12)13/h2-5H2,1H3. The van der Waals surface area contributed by atoms with E-state index < -0.39 is 23.5 Å². The van der Waals surface area contributed by atoms with Crippen LogP contribution in [0.1, 0.15) is 32.6 Å². The summed E-state index contributed by atoms with van der Waals surface area (Å²) in [6, 6.07) is 0. The molecule has 0 spiro atoms. The van der Waals surface area contributed by atoms with Crippen molar-refractivity contribution < 1.29 is 22.4 Å². The molecule has 0 rings (SSSR count). The van der Waals surface area contributed by atoms with E-state index in [4.69, 9.17) is 0 Å². The van der Waals surface area contributed by atoms with Gasteiger partial charge in [-0.2, -0.15) is 13.2 Å². The van der Waals surface area contributed by atoms with Gasteiger partial charge in [0.05, 0.1) is 0 Å². The largest absolute Gasteiger partial charge is 0.431 e. The number of alkyl halides is 4. The molecule has 0 aromatic carbocycles. The van der Waals surface area contributed by atoms with E-state index >= 15 is 0 Å². The van der Waals surface area contributed by atoms with Gasteiger partial charge in [0.2, 0.25) is 0 Å². The minimum atomic E-state index is -5.22. The molecule has 0 aliphatic carbocycles. The van der Waals surface area contributed by atoms with E-state index in [1.165, 1.54) is 0 Å². The predicted molar refractivity (Wildman–Crippen MR) is 44.9 cm³/mol. The Labute approximate surface area is 84.4 Å². The summed E-state index contributed by atoms with van der Waals surface area (Å²) < 4.78 is 49.4. The fourth-order valence-corrected chi connectivity index (χ4v) is 1.17. The summed E-state index contributed by atoms with van der Waals surface area (Å²) in [6.07, 6.45) is -5.05. The third kappa shape index (κ3) is 3.12. The minimum absolute atomic E-state index is 0.00896. The van der Waals surface area contributed by atoms with Crippen LogP contribution >= 0.6 is 11.6 Å². The number of carbonyl (C=O) groups is 1. The van der Waals surface area contributed by atoms with Crippen molar-refractivity contribution in [2.45, 2.75) is 44.5 Å². The van der Waals surface area contributed by atoms with Crippen LogP contribution in [0.2, 0.25) is 0 Å². The summed E-state index contributed by atoms with van der Waals surface area (Å²) in [4.78, 5) is 10.4. The van der Waals surface area contributed by atoms with Crippen LogP contribution in [-0.2, 0) is 4.79 Å². The summed E-state index contributed by atoms with van der Waals surface area (Å²) in [5.74, 6) is 0. The molecule has 0 aromatic heterocycles. The van der Waals surface area contributed by atoms with Crippen LogP contribution in [0.15, 0.2) is 0 Å². The highest BCUT2D eigenvalue weighted by Crippen LogP contribution is 2.39. The maximum Gasteiger partial charge on any atom is 0.431 e. The third-order valence-electron chi connectivity index (χ3n) is 1.89. The second-order valence-corrected chi connectivity index (χ2v) is 3.37. The maximum absolute atomic E-state index is 13.1. The number of carbonyl (C=O) groups excluding carboxylic acids is 1. The molecule has 6 heteroatoms. The summed E-state index contributed by atoms with van der Waals surface area (Å²) in [7, 11) is 0. The van der Waals surface area contributed by atoms with Gasteiger partial charge in [-0.15, -0.1) is 0 Å². The highest BCUT2D eigenvalue weighted by atomic mass is 35.5. The Balaban J connectivity index is 4.50. The molecule has 0 heterocycles. The van der Waals surface area contributed by atoms with E-state index in [1.54, 1.807) is 6.92 Å². The molecule has 0 N–H and O–H groups in total. The maximum atomic E-state index is 13.1. The lowest BCUT2D eigenvalue weighted by atomic mass is 9.99. The molecule has 1 atom stereocenters. The van der Waals surface area contributed by atoms with Gasteiger partial charge in [0.15, 0.2) is 0 Å². The van der Waals surface area contributed by atoms with Crippen molar-refractivity contribution in [3.05, 3.63) is 0 Å². The van der Waals surface area contributed by atoms with Crippen LogP contribution in [0.25, 0.3) is 0 Å². The van der Waals surface area contributed by atoms with Gasteiger partial charge < -0.3 is 0 Å². The Morgan fingerprint density at radius 3 is 2.00 bits per heavy atom. The summed E-state index contributed by atoms with van der Waals surface area (Å²) >= 11 is 4.61. The molecule has 0 aliphatic heterocycles. The quantitative estimate of drug-likeness (QED) is 0.404. The molecule has 0 fully saturated rings. The van der Waals surface area contributed by atoms with E-state index in [0.29, 0.717) is 12.8 Å². The van der Waals surface area contributed by atoms with Crippen molar-refractivity contribution in [1.29, 1.82) is 0 Å². The molecule has 84 valence electrons. The van der Waals surface area contributed by atoms with Gasteiger partial charge in [0.1, 0.15) is 0 Å². The zero-order chi connectivity index (χ0) is 11.4. The second-order valence-electron chi connectivity index (χ2n) is 3.03. The normalized spacial score (nSPS) is 16.4. The smallest absolute Gasteiger partial charge is 0.277 e. The Hall–Kier alpha value is -0.320. The summed E-state index contributed by atoms with van der Waals surface area (Å²) in [5, 5.41) is -1.99. The molecule has 0 saturated heterocycles. The number of hydrogen-bond acceptors (Lipinski definition) is 1. The fourth-order valence-electron chi connectivity index (χ4n) is 0.970. The van der Waals surface area contributed by atoms with Crippen LogP contribution in [0, 0.1) is 0 Å². The van der Waals surface area contributed by atoms with Crippen LogP contribution in [0.3, 0.4) is 0 Å². The second kappa shape index (κ2) is 4.96. The van der Waals surface area contributed by atoms with E-state index in [-0.39, 0.29) is 6.42 Å². The van der Waals surface area contributed by atoms with E-state index in [0.717, 1.165) is 0 Å². The fraction of sp³-hybridized carbons (Fsp3) is 0.875. The predicted octanol–water partition coefficient (Wildman–Crippen LogP) is 3.60. The van der Waals surface area contributed by atoms with Gasteiger partial charge in [-0.05, 0) is 24.4 Å². The lowest BCUT2D eigenvalue weighted by Crippen LogP contribution is -2.46. The first-order chi connectivity index (χ1) is 6.25. The topological polar surface area (TPSA) is 17.1 Å². The zero-order valence-electron chi connectivity index (χ0n) is 7.63. The molecular formula is C8H11ClF4O. The number of halogens is 5. The summed E-state index contributed by atoms with van der Waals surface area (Å²) in [5.41, 5.74) is -3.89. The Bertz CT molecular complexity index is 204. The van der Waals surface area contributed by atoms with Gasteiger partial charge in [0.25, 0.3) is 10.9 Å². The average Bonchev–Trinajstić information content (AvgIpc) is 2.02. The monoisotopic (exact) mass is 234 g/mol. The van der Waals surface area contributed by atoms with Crippen molar-refractivity contribution in [2.24, 2.45) is 0 Å². The first-order valence-corrected chi connectivity index (χ1v) is 4.59. The van der Waals surface area contributed by atoms with Crippen molar-refractivity contribution in [2.75, 3.05) is 0 Å². The lowest BCUT2D eigenvalue weighted by molar-refractivity contribution is -0.223. The van der Waals surface area contributed by atoms with Crippen LogP contribution < -0.4 is 0 Å². The highest BCUT2D eigenvalue weighted by Gasteiger charge is 2.60. The average molecular weight is 235 g/mol. The van der Waals surface area contributed by atoms with Crippen LogP contribution in [0.5, 0.6) is 0 Å². The molecule has 0 saturated carbocycles. The molecule has 0 aliphatic rings. The molecule has 0 bridgehead atoms. The van der Waals surface area contributed by atoms with Gasteiger partial charge in [-0.3, -0.25) is 4.79 Å². The van der Waals surface area contributed by atoms with Gasteiger partial charge >= 0.3 is 6.18 Å².